The molecule has 102 valence electrons. The Morgan fingerprint density at radius 3 is 2.89 bits per heavy atom. The molecule has 2 rings (SSSR count). The molecule has 0 spiro atoms. The molecule has 0 bridgehead atoms. The number of amides is 1. The third-order valence-electron chi connectivity index (χ3n) is 2.51. The van der Waals surface area contributed by atoms with Gasteiger partial charge >= 0.3 is 0 Å². The zero-order valence-corrected chi connectivity index (χ0v) is 10.5. The van der Waals surface area contributed by atoms with Gasteiger partial charge in [0.05, 0.1) is 20.3 Å². The predicted octanol–water partition coefficient (Wildman–Crippen LogP) is -0.476. The molecule has 0 saturated heterocycles. The maximum atomic E-state index is 10.5. The van der Waals surface area contributed by atoms with Crippen LogP contribution >= 0.6 is 0 Å². The van der Waals surface area contributed by atoms with E-state index < -0.39 is 5.91 Å². The molecule has 0 atom stereocenters. The van der Waals surface area contributed by atoms with Crippen molar-refractivity contribution in [1.82, 2.24) is 14.5 Å². The van der Waals surface area contributed by atoms with Crippen molar-refractivity contribution < 1.29 is 14.3 Å². The Morgan fingerprint density at radius 2 is 2.21 bits per heavy atom. The van der Waals surface area contributed by atoms with Crippen LogP contribution in [-0.4, -0.2) is 40.8 Å². The van der Waals surface area contributed by atoms with Crippen LogP contribution in [0.1, 0.15) is 0 Å². The van der Waals surface area contributed by atoms with Crippen LogP contribution in [0, 0.1) is 0 Å². The first kappa shape index (κ1) is 13.1. The number of imidazole rings is 1. The molecular formula is C11H15N5O3. The van der Waals surface area contributed by atoms with Crippen LogP contribution in [0.25, 0.3) is 11.2 Å². The number of nitrogen functional groups attached to an aromatic ring is 1. The van der Waals surface area contributed by atoms with Crippen molar-refractivity contribution in [1.29, 1.82) is 0 Å². The minimum absolute atomic E-state index is 0.122. The van der Waals surface area contributed by atoms with Crippen LogP contribution in [0.4, 0.5) is 5.95 Å². The highest BCUT2D eigenvalue weighted by Crippen LogP contribution is 2.18. The van der Waals surface area contributed by atoms with Gasteiger partial charge in [0, 0.05) is 6.07 Å². The van der Waals surface area contributed by atoms with Gasteiger partial charge in [-0.3, -0.25) is 9.36 Å². The Morgan fingerprint density at radius 1 is 1.42 bits per heavy atom. The number of carbonyl (C=O) groups excluding carboxylic acids is 1. The number of fused-ring (bicyclic) bond motifs is 1. The van der Waals surface area contributed by atoms with E-state index in [1.165, 1.54) is 7.11 Å². The number of ether oxygens (including phenoxy) is 2. The number of primary amides is 1. The zero-order valence-electron chi connectivity index (χ0n) is 10.5. The van der Waals surface area contributed by atoms with Gasteiger partial charge in [-0.05, 0) is 6.07 Å². The summed E-state index contributed by atoms with van der Waals surface area (Å²) in [6.45, 7) is 0.594. The van der Waals surface area contributed by atoms with Crippen molar-refractivity contribution >= 4 is 23.0 Å². The fraction of sp³-hybridized carbons (Fsp3) is 0.364. The Balaban J connectivity index is 2.16. The summed E-state index contributed by atoms with van der Waals surface area (Å²) in [5.41, 5.74) is 12.1. The highest BCUT2D eigenvalue weighted by atomic mass is 16.5. The number of methoxy groups -OCH3 is 1. The molecule has 2 aromatic heterocycles. The molecule has 0 unspecified atom stereocenters. The molecular weight excluding hydrogens is 250 g/mol. The molecule has 0 aromatic carbocycles. The monoisotopic (exact) mass is 265 g/mol. The lowest BCUT2D eigenvalue weighted by Gasteiger charge is -2.06. The van der Waals surface area contributed by atoms with Gasteiger partial charge in [0.1, 0.15) is 12.1 Å². The smallest absolute Gasteiger partial charge is 0.243 e. The topological polar surface area (TPSA) is 118 Å². The van der Waals surface area contributed by atoms with E-state index in [1.807, 2.05) is 0 Å². The predicted molar refractivity (Wildman–Crippen MR) is 68.5 cm³/mol. The van der Waals surface area contributed by atoms with Gasteiger partial charge in [-0.1, -0.05) is 0 Å². The number of nitrogens with two attached hydrogens (primary N) is 2. The molecule has 4 N–H and O–H groups in total. The minimum atomic E-state index is -0.511. The van der Waals surface area contributed by atoms with E-state index in [2.05, 4.69) is 9.97 Å². The number of hydrogen-bond acceptors (Lipinski definition) is 6. The molecule has 2 aromatic rings. The van der Waals surface area contributed by atoms with Crippen LogP contribution in [-0.2, 0) is 16.1 Å². The molecule has 2 heterocycles. The van der Waals surface area contributed by atoms with E-state index in [0.717, 1.165) is 0 Å². The van der Waals surface area contributed by atoms with Gasteiger partial charge in [0.25, 0.3) is 0 Å². The SMILES string of the molecule is COc1ccc2nc(N)n(CCOCC(N)=O)c2n1. The van der Waals surface area contributed by atoms with Crippen LogP contribution in [0.5, 0.6) is 5.88 Å². The molecule has 8 nitrogen and oxygen atoms in total. The van der Waals surface area contributed by atoms with Gasteiger partial charge < -0.3 is 20.9 Å². The maximum absolute atomic E-state index is 10.5. The number of pyridine rings is 1. The molecule has 0 saturated carbocycles. The maximum Gasteiger partial charge on any atom is 0.243 e. The van der Waals surface area contributed by atoms with Crippen molar-refractivity contribution in [3.05, 3.63) is 12.1 Å². The van der Waals surface area contributed by atoms with Gasteiger partial charge in [-0.15, -0.1) is 0 Å². The third kappa shape index (κ3) is 2.91. The third-order valence-corrected chi connectivity index (χ3v) is 2.51. The molecule has 0 fully saturated rings. The summed E-state index contributed by atoms with van der Waals surface area (Å²) in [6.07, 6.45) is 0. The molecule has 0 aliphatic rings. The van der Waals surface area contributed by atoms with Crippen molar-refractivity contribution in [3.63, 3.8) is 0 Å². The molecule has 19 heavy (non-hydrogen) atoms. The van der Waals surface area contributed by atoms with E-state index in [0.29, 0.717) is 29.5 Å². The number of anilines is 1. The molecule has 8 heteroatoms. The standard InChI is InChI=1S/C11H15N5O3/c1-18-9-3-2-7-10(15-9)16(11(13)14-7)4-5-19-6-8(12)17/h2-3H,4-6H2,1H3,(H2,12,17)(H2,13,14). The number of rotatable bonds is 6. The summed E-state index contributed by atoms with van der Waals surface area (Å²) in [4.78, 5) is 19.0. The minimum Gasteiger partial charge on any atom is -0.481 e. The second-order valence-electron chi connectivity index (χ2n) is 3.84. The summed E-state index contributed by atoms with van der Waals surface area (Å²) in [5, 5.41) is 0. The highest BCUT2D eigenvalue weighted by molar-refractivity contribution is 5.75. The average Bonchev–Trinajstić information content (AvgIpc) is 2.69. The number of aromatic nitrogens is 3. The van der Waals surface area contributed by atoms with Gasteiger partial charge in [0.15, 0.2) is 5.65 Å². The van der Waals surface area contributed by atoms with E-state index in [4.69, 9.17) is 20.9 Å². The summed E-state index contributed by atoms with van der Waals surface area (Å²) in [6, 6.07) is 3.49. The number of hydrogen-bond donors (Lipinski definition) is 2. The summed E-state index contributed by atoms with van der Waals surface area (Å²) >= 11 is 0. The average molecular weight is 265 g/mol. The lowest BCUT2D eigenvalue weighted by Crippen LogP contribution is -2.20. The Hall–Kier alpha value is -2.35. The molecule has 0 radical (unpaired) electrons. The Bertz CT molecular complexity index is 595. The second-order valence-corrected chi connectivity index (χ2v) is 3.84. The largest absolute Gasteiger partial charge is 0.481 e. The Kier molecular flexibility index (Phi) is 3.81. The second kappa shape index (κ2) is 5.53. The normalized spacial score (nSPS) is 10.8. The van der Waals surface area contributed by atoms with Crippen molar-refractivity contribution in [2.75, 3.05) is 26.1 Å². The van der Waals surface area contributed by atoms with Gasteiger partial charge in [0.2, 0.25) is 17.7 Å². The van der Waals surface area contributed by atoms with Crippen molar-refractivity contribution in [3.8, 4) is 5.88 Å². The Labute approximate surface area is 109 Å². The first-order valence-corrected chi connectivity index (χ1v) is 5.64. The number of nitrogens with zero attached hydrogens (tertiary/aromatic N) is 3. The van der Waals surface area contributed by atoms with Crippen LogP contribution in [0.15, 0.2) is 12.1 Å². The van der Waals surface area contributed by atoms with Gasteiger partial charge in [-0.2, -0.15) is 4.98 Å². The zero-order chi connectivity index (χ0) is 13.8. The summed E-state index contributed by atoms with van der Waals surface area (Å²) in [7, 11) is 1.54. The first-order valence-electron chi connectivity index (χ1n) is 5.64. The lowest BCUT2D eigenvalue weighted by molar-refractivity contribution is -0.122. The molecule has 1 amide bonds. The van der Waals surface area contributed by atoms with E-state index in [9.17, 15) is 4.79 Å². The van der Waals surface area contributed by atoms with Crippen molar-refractivity contribution in [2.24, 2.45) is 5.73 Å². The molecule has 0 aliphatic carbocycles. The van der Waals surface area contributed by atoms with Gasteiger partial charge in [-0.25, -0.2) is 4.98 Å². The van der Waals surface area contributed by atoms with E-state index >= 15 is 0 Å². The first-order chi connectivity index (χ1) is 9.11. The fourth-order valence-corrected chi connectivity index (χ4v) is 1.66. The van der Waals surface area contributed by atoms with Crippen LogP contribution in [0.3, 0.4) is 0 Å². The van der Waals surface area contributed by atoms with E-state index in [-0.39, 0.29) is 13.2 Å². The van der Waals surface area contributed by atoms with E-state index in [1.54, 1.807) is 16.7 Å². The highest BCUT2D eigenvalue weighted by Gasteiger charge is 2.10. The lowest BCUT2D eigenvalue weighted by atomic mass is 10.4. The van der Waals surface area contributed by atoms with Crippen LogP contribution in [0.2, 0.25) is 0 Å². The summed E-state index contributed by atoms with van der Waals surface area (Å²) < 4.78 is 11.8. The van der Waals surface area contributed by atoms with Crippen molar-refractivity contribution in [2.45, 2.75) is 6.54 Å². The fourth-order valence-electron chi connectivity index (χ4n) is 1.66. The molecule has 0 aliphatic heterocycles. The number of carbonyl (C=O) groups is 1. The summed E-state index contributed by atoms with van der Waals surface area (Å²) in [5.74, 6) is 0.299. The van der Waals surface area contributed by atoms with Crippen LogP contribution < -0.4 is 16.2 Å². The quantitative estimate of drug-likeness (QED) is 0.681.